The van der Waals surface area contributed by atoms with Gasteiger partial charge in [0.2, 0.25) is 0 Å². The first-order valence-electron chi connectivity index (χ1n) is 32.5. The molecule has 16 rings (SSSR count). The third-order valence-corrected chi connectivity index (χ3v) is 29.1. The van der Waals surface area contributed by atoms with Crippen LogP contribution in [0.4, 0.5) is 17.1 Å². The molecule has 2 heterocycles. The maximum absolute atomic E-state index is 7.49. The Labute approximate surface area is 549 Å². The molecule has 0 aliphatic carbocycles. The van der Waals surface area contributed by atoms with E-state index in [0.29, 0.717) is 0 Å². The first-order chi connectivity index (χ1) is 45.7. The molecule has 0 saturated heterocycles. The van der Waals surface area contributed by atoms with Crippen LogP contribution in [-0.4, -0.2) is 22.9 Å². The zero-order chi connectivity index (χ0) is 62.5. The molecule has 0 amide bonds. The lowest BCUT2D eigenvalue weighted by Gasteiger charge is -2.41. The maximum atomic E-state index is 7.49. The predicted molar refractivity (Wildman–Crippen MR) is 400 cm³/mol. The highest BCUT2D eigenvalue weighted by atomic mass is 28.3. The lowest BCUT2D eigenvalue weighted by atomic mass is 9.34. The van der Waals surface area contributed by atoms with Crippen LogP contribution < -0.4 is 67.5 Å². The van der Waals surface area contributed by atoms with Crippen LogP contribution in [0.5, 0.6) is 11.5 Å². The van der Waals surface area contributed by atoms with Crippen molar-refractivity contribution in [3.8, 4) is 56.0 Å². The van der Waals surface area contributed by atoms with Gasteiger partial charge in [-0.25, -0.2) is 0 Å². The van der Waals surface area contributed by atoms with Crippen LogP contribution in [0.15, 0.2) is 358 Å². The first kappa shape index (κ1) is 57.3. The third kappa shape index (κ3) is 9.95. The van der Waals surface area contributed by atoms with Crippen LogP contribution >= 0.6 is 0 Å². The van der Waals surface area contributed by atoms with Gasteiger partial charge >= 0.3 is 0 Å². The smallest absolute Gasteiger partial charge is 0.256 e. The van der Waals surface area contributed by atoms with Gasteiger partial charge in [0.1, 0.15) is 11.5 Å². The van der Waals surface area contributed by atoms with Gasteiger partial charge in [-0.3, -0.25) is 0 Å². The van der Waals surface area contributed by atoms with E-state index in [4.69, 9.17) is 4.74 Å². The molecule has 442 valence electrons. The Bertz CT molecular complexity index is 4940. The molecule has 2 aliphatic rings. The summed E-state index contributed by atoms with van der Waals surface area (Å²) in [5, 5.41) is 10.6. The maximum Gasteiger partial charge on any atom is 0.256 e. The molecule has 0 atom stereocenters. The van der Waals surface area contributed by atoms with Crippen molar-refractivity contribution >= 4 is 97.8 Å². The quantitative estimate of drug-likeness (QED) is 0.0843. The van der Waals surface area contributed by atoms with Gasteiger partial charge in [-0.1, -0.05) is 342 Å². The van der Waals surface area contributed by atoms with Crippen molar-refractivity contribution in [3.05, 3.63) is 363 Å². The van der Waals surface area contributed by atoms with Gasteiger partial charge in [0.05, 0.1) is 5.69 Å². The predicted octanol–water partition coefficient (Wildman–Crippen LogP) is 14.8. The second-order valence-electron chi connectivity index (χ2n) is 25.9. The second kappa shape index (κ2) is 23.8. The molecule has 2 nitrogen and oxygen atoms in total. The fraction of sp³-hybridized carbons (Fsp3) is 0.0455. The van der Waals surface area contributed by atoms with E-state index >= 15 is 0 Å². The van der Waals surface area contributed by atoms with Crippen molar-refractivity contribution in [1.82, 2.24) is 0 Å². The van der Waals surface area contributed by atoms with E-state index in [0.717, 1.165) is 45.2 Å². The van der Waals surface area contributed by atoms with Crippen molar-refractivity contribution in [1.29, 1.82) is 0 Å². The fourth-order valence-electron chi connectivity index (χ4n) is 15.2. The number of ether oxygens (including phenoxy) is 1. The highest BCUT2D eigenvalue weighted by Crippen LogP contribution is 2.46. The topological polar surface area (TPSA) is 12.5 Å². The molecular formula is C88H68BNOSi2. The highest BCUT2D eigenvalue weighted by molar-refractivity contribution is 7.20. The van der Waals surface area contributed by atoms with Crippen molar-refractivity contribution < 1.29 is 4.74 Å². The summed E-state index contributed by atoms with van der Waals surface area (Å²) in [6.07, 6.45) is 0. The molecule has 0 bridgehead atoms. The average molecular weight is 1220 g/mol. The summed E-state index contributed by atoms with van der Waals surface area (Å²) in [4.78, 5) is 2.55. The minimum absolute atomic E-state index is 0.0765. The highest BCUT2D eigenvalue weighted by Gasteiger charge is 2.47. The average Bonchev–Trinajstić information content (AvgIpc) is 0.715. The van der Waals surface area contributed by atoms with Crippen LogP contribution in [0.2, 0.25) is 0 Å². The van der Waals surface area contributed by atoms with E-state index in [9.17, 15) is 0 Å². The summed E-state index contributed by atoms with van der Waals surface area (Å²) in [6, 6.07) is 134. The standard InChI is InChI=1S/C88H68BNOSi2/c1-88(2,3)70-51-57-82(79(61-70)66-32-15-6-16-33-66)90-83-46-27-47-85-87(83)89(81-56-54-78(62-86(81)91-85)93(73-40-21-9-22-41-73,74-42-23-10-24-43-74)77-45-26-35-68(59-77)64-30-13-5-14-31-64)80-55-50-69(60-84(80)90)65-48-52-75(53-49-65)92(71-36-17-7-18-37-71,72-38-19-8-20-39-72)76-44-25-34-67(58-76)63-28-11-4-12-29-63/h4-62H,1-3H3. The van der Waals surface area contributed by atoms with E-state index in [-0.39, 0.29) is 12.1 Å². The third-order valence-electron chi connectivity index (χ3n) is 19.6. The van der Waals surface area contributed by atoms with Gasteiger partial charge in [0, 0.05) is 16.9 Å². The molecule has 0 unspecified atom stereocenters. The molecule has 5 heteroatoms. The molecule has 0 saturated carbocycles. The largest absolute Gasteiger partial charge is 0.458 e. The SMILES string of the molecule is CC(C)(C)c1ccc(N2c3cc(-c4ccc([Si](c5ccccc5)(c5ccccc5)c5cccc(-c6ccccc6)c5)cc4)ccc3B3c4ccc([Si](c5ccccc5)(c5ccccc5)c5cccc(-c6ccccc6)c5)cc4Oc4cccc2c43)c(-c2ccccc2)c1. The van der Waals surface area contributed by atoms with E-state index in [1.165, 1.54) is 91.4 Å². The van der Waals surface area contributed by atoms with Crippen molar-refractivity contribution in [2.24, 2.45) is 0 Å². The Morgan fingerprint density at radius 2 is 0.656 bits per heavy atom. The summed E-state index contributed by atoms with van der Waals surface area (Å²) >= 11 is 0. The zero-order valence-electron chi connectivity index (χ0n) is 52.5. The van der Waals surface area contributed by atoms with E-state index in [2.05, 4.69) is 384 Å². The molecule has 14 aromatic carbocycles. The van der Waals surface area contributed by atoms with Crippen LogP contribution in [0.25, 0.3) is 44.5 Å². The van der Waals surface area contributed by atoms with Crippen LogP contribution in [0, 0.1) is 0 Å². The summed E-state index contributed by atoms with van der Waals surface area (Å²) in [6.45, 7) is 6.80. The minimum atomic E-state index is -3.05. The van der Waals surface area contributed by atoms with Crippen LogP contribution in [0.1, 0.15) is 26.3 Å². The Balaban J connectivity index is 0.895. The molecule has 0 aromatic heterocycles. The second-order valence-corrected chi connectivity index (χ2v) is 33.5. The van der Waals surface area contributed by atoms with Crippen molar-refractivity contribution in [2.45, 2.75) is 26.2 Å². The zero-order valence-corrected chi connectivity index (χ0v) is 54.5. The molecule has 93 heavy (non-hydrogen) atoms. The number of fused-ring (bicyclic) bond motifs is 4. The molecule has 2 aliphatic heterocycles. The molecular weight excluding hydrogens is 1150 g/mol. The van der Waals surface area contributed by atoms with Gasteiger partial charge in [0.15, 0.2) is 16.1 Å². The van der Waals surface area contributed by atoms with Gasteiger partial charge in [0.25, 0.3) is 6.71 Å². The van der Waals surface area contributed by atoms with Crippen molar-refractivity contribution in [3.63, 3.8) is 0 Å². The minimum Gasteiger partial charge on any atom is -0.458 e. The number of hydrogen-bond donors (Lipinski definition) is 0. The van der Waals surface area contributed by atoms with E-state index < -0.39 is 16.1 Å². The van der Waals surface area contributed by atoms with Gasteiger partial charge in [-0.15, -0.1) is 0 Å². The number of nitrogens with zero attached hydrogens (tertiary/aromatic N) is 1. The fourth-order valence-corrected chi connectivity index (χ4v) is 24.7. The van der Waals surface area contributed by atoms with Crippen LogP contribution in [0.3, 0.4) is 0 Å². The summed E-state index contributed by atoms with van der Waals surface area (Å²) in [7, 11) is -5.97. The summed E-state index contributed by atoms with van der Waals surface area (Å²) < 4.78 is 7.49. The normalized spacial score (nSPS) is 12.5. The van der Waals surface area contributed by atoms with Crippen molar-refractivity contribution in [2.75, 3.05) is 4.90 Å². The Kier molecular flexibility index (Phi) is 14.7. The first-order valence-corrected chi connectivity index (χ1v) is 36.5. The summed E-state index contributed by atoms with van der Waals surface area (Å²) in [5.41, 5.74) is 17.6. The number of benzene rings is 14. The molecule has 0 radical (unpaired) electrons. The molecule has 14 aromatic rings. The van der Waals surface area contributed by atoms with E-state index in [1.807, 2.05) is 0 Å². The van der Waals surface area contributed by atoms with Gasteiger partial charge in [-0.2, -0.15) is 0 Å². The van der Waals surface area contributed by atoms with Gasteiger partial charge < -0.3 is 9.64 Å². The number of rotatable bonds is 13. The van der Waals surface area contributed by atoms with Gasteiger partial charge in [-0.05, 0) is 144 Å². The summed E-state index contributed by atoms with van der Waals surface area (Å²) in [5.74, 6) is 1.77. The number of hydrogen-bond acceptors (Lipinski definition) is 2. The number of anilines is 3. The molecule has 0 fully saturated rings. The molecule has 0 spiro atoms. The van der Waals surface area contributed by atoms with E-state index in [1.54, 1.807) is 0 Å². The lowest BCUT2D eigenvalue weighted by molar-refractivity contribution is 0.488. The Morgan fingerprint density at radius 3 is 1.17 bits per heavy atom. The Hall–Kier alpha value is -10.8. The van der Waals surface area contributed by atoms with Crippen LogP contribution in [-0.2, 0) is 5.41 Å². The lowest BCUT2D eigenvalue weighted by Crippen LogP contribution is -2.75. The Morgan fingerprint density at radius 1 is 0.269 bits per heavy atom. The molecule has 0 N–H and O–H groups in total. The monoisotopic (exact) mass is 1220 g/mol.